The molecule has 0 saturated carbocycles. The molecule has 0 N–H and O–H groups in total. The fraction of sp³-hybridized carbons (Fsp3) is 0.143. The van der Waals surface area contributed by atoms with Crippen LogP contribution in [0.5, 0.6) is 0 Å². The van der Waals surface area contributed by atoms with Crippen LogP contribution < -0.4 is 0 Å². The highest BCUT2D eigenvalue weighted by atomic mass is 32.2. The maximum atomic E-state index is 12.7. The highest BCUT2D eigenvalue weighted by Gasteiger charge is 2.20. The zero-order valence-corrected chi connectivity index (χ0v) is 14.3. The molecule has 0 spiro atoms. The van der Waals surface area contributed by atoms with E-state index < -0.39 is 0 Å². The average molecular weight is 331 g/mol. The van der Waals surface area contributed by atoms with E-state index in [4.69, 9.17) is 6.57 Å². The van der Waals surface area contributed by atoms with Crippen LogP contribution in [0.3, 0.4) is 0 Å². The molecule has 118 valence electrons. The SMILES string of the molecule is [C-]#[N+]c1ccc(/C=C2\CSC/C(=C\c3ccc(C)cc3)C2=O)cc1. The second kappa shape index (κ2) is 7.33. The summed E-state index contributed by atoms with van der Waals surface area (Å²) in [4.78, 5) is 16.1. The Balaban J connectivity index is 1.85. The Kier molecular flexibility index (Phi) is 4.98. The number of Topliss-reactive ketones (excluding diaryl/α,β-unsaturated/α-hetero) is 1. The molecule has 3 heteroatoms. The molecule has 0 bridgehead atoms. The van der Waals surface area contributed by atoms with Crippen LogP contribution in [0.25, 0.3) is 17.0 Å². The summed E-state index contributed by atoms with van der Waals surface area (Å²) in [7, 11) is 0. The van der Waals surface area contributed by atoms with Crippen molar-refractivity contribution in [2.75, 3.05) is 11.5 Å². The van der Waals surface area contributed by atoms with E-state index in [1.165, 1.54) is 5.56 Å². The van der Waals surface area contributed by atoms with Crippen molar-refractivity contribution in [3.05, 3.63) is 87.8 Å². The predicted molar refractivity (Wildman–Crippen MR) is 102 cm³/mol. The molecule has 2 aromatic rings. The minimum absolute atomic E-state index is 0.128. The van der Waals surface area contributed by atoms with Gasteiger partial charge in [-0.15, -0.1) is 0 Å². The van der Waals surface area contributed by atoms with E-state index >= 15 is 0 Å². The van der Waals surface area contributed by atoms with Gasteiger partial charge >= 0.3 is 0 Å². The molecule has 24 heavy (non-hydrogen) atoms. The zero-order chi connectivity index (χ0) is 16.9. The van der Waals surface area contributed by atoms with Crippen molar-refractivity contribution in [2.45, 2.75) is 6.92 Å². The lowest BCUT2D eigenvalue weighted by molar-refractivity contribution is -0.112. The number of carbonyl (C=O) groups is 1. The van der Waals surface area contributed by atoms with Gasteiger partial charge in [0.15, 0.2) is 11.5 Å². The van der Waals surface area contributed by atoms with E-state index in [-0.39, 0.29) is 5.78 Å². The Morgan fingerprint density at radius 1 is 0.917 bits per heavy atom. The summed E-state index contributed by atoms with van der Waals surface area (Å²) in [5, 5.41) is 0. The Labute approximate surface area is 146 Å². The number of hydrogen-bond donors (Lipinski definition) is 0. The van der Waals surface area contributed by atoms with Crippen molar-refractivity contribution >= 4 is 35.4 Å². The minimum Gasteiger partial charge on any atom is -0.289 e. The highest BCUT2D eigenvalue weighted by molar-refractivity contribution is 7.99. The van der Waals surface area contributed by atoms with Crippen LogP contribution in [-0.2, 0) is 4.79 Å². The maximum Gasteiger partial charge on any atom is 0.187 e. The number of thioether (sulfide) groups is 1. The normalized spacial score (nSPS) is 17.9. The zero-order valence-electron chi connectivity index (χ0n) is 13.5. The number of ketones is 1. The molecule has 0 radical (unpaired) electrons. The molecule has 3 rings (SSSR count). The van der Waals surface area contributed by atoms with Gasteiger partial charge in [-0.05, 0) is 30.2 Å². The number of benzene rings is 2. The van der Waals surface area contributed by atoms with Crippen LogP contribution in [-0.4, -0.2) is 17.3 Å². The summed E-state index contributed by atoms with van der Waals surface area (Å²) >= 11 is 1.76. The van der Waals surface area contributed by atoms with E-state index in [1.54, 1.807) is 23.9 Å². The van der Waals surface area contributed by atoms with E-state index in [2.05, 4.69) is 23.9 Å². The van der Waals surface area contributed by atoms with Crippen LogP contribution in [0.2, 0.25) is 0 Å². The first-order valence-electron chi connectivity index (χ1n) is 7.73. The van der Waals surface area contributed by atoms with Crippen molar-refractivity contribution in [3.8, 4) is 0 Å². The molecule has 2 aromatic carbocycles. The summed E-state index contributed by atoms with van der Waals surface area (Å²) < 4.78 is 0. The molecule has 0 aliphatic carbocycles. The lowest BCUT2D eigenvalue weighted by atomic mass is 10.00. The maximum absolute atomic E-state index is 12.7. The molecule has 0 atom stereocenters. The fourth-order valence-corrected chi connectivity index (χ4v) is 3.50. The Morgan fingerprint density at radius 3 is 1.92 bits per heavy atom. The van der Waals surface area contributed by atoms with E-state index in [0.29, 0.717) is 5.69 Å². The highest BCUT2D eigenvalue weighted by Crippen LogP contribution is 2.27. The second-order valence-corrected chi connectivity index (χ2v) is 6.76. The van der Waals surface area contributed by atoms with Crippen molar-refractivity contribution in [2.24, 2.45) is 0 Å². The van der Waals surface area contributed by atoms with Gasteiger partial charge in [-0.2, -0.15) is 11.8 Å². The van der Waals surface area contributed by atoms with Gasteiger partial charge in [0.05, 0.1) is 6.57 Å². The summed E-state index contributed by atoms with van der Waals surface area (Å²) in [6.45, 7) is 9.04. The van der Waals surface area contributed by atoms with Crippen molar-refractivity contribution in [1.82, 2.24) is 0 Å². The first kappa shape index (κ1) is 16.3. The van der Waals surface area contributed by atoms with E-state index in [9.17, 15) is 4.79 Å². The van der Waals surface area contributed by atoms with Crippen molar-refractivity contribution < 1.29 is 4.79 Å². The molecule has 1 fully saturated rings. The summed E-state index contributed by atoms with van der Waals surface area (Å²) in [5.74, 6) is 1.61. The van der Waals surface area contributed by atoms with Crippen LogP contribution in [0.4, 0.5) is 5.69 Å². The number of hydrogen-bond acceptors (Lipinski definition) is 2. The van der Waals surface area contributed by atoms with Crippen LogP contribution in [0.1, 0.15) is 16.7 Å². The standard InChI is InChI=1S/C21H17NOS/c1-15-3-5-16(6-4-15)11-18-13-24-14-19(21(18)23)12-17-7-9-20(22-2)10-8-17/h3-12H,13-14H2,1H3/b18-11+,19-12+. The Hall–Kier alpha value is -2.57. The Bertz CT molecular complexity index is 852. The van der Waals surface area contributed by atoms with Crippen LogP contribution in [0.15, 0.2) is 59.7 Å². The number of nitrogens with zero attached hydrogens (tertiary/aromatic N) is 1. The Morgan fingerprint density at radius 2 is 1.42 bits per heavy atom. The molecule has 1 aliphatic heterocycles. The van der Waals surface area contributed by atoms with Crippen molar-refractivity contribution in [3.63, 3.8) is 0 Å². The molecule has 1 heterocycles. The first-order chi connectivity index (χ1) is 11.7. The third-order valence-electron chi connectivity index (χ3n) is 3.88. The summed E-state index contributed by atoms with van der Waals surface area (Å²) in [6, 6.07) is 15.5. The molecule has 0 amide bonds. The molecule has 1 saturated heterocycles. The molecular formula is C21H17NOS. The van der Waals surface area contributed by atoms with E-state index in [0.717, 1.165) is 33.8 Å². The molecule has 2 nitrogen and oxygen atoms in total. The molecular weight excluding hydrogens is 314 g/mol. The van der Waals surface area contributed by atoms with Crippen LogP contribution >= 0.6 is 11.8 Å². The molecule has 0 unspecified atom stereocenters. The lowest BCUT2D eigenvalue weighted by Gasteiger charge is -2.16. The smallest absolute Gasteiger partial charge is 0.187 e. The predicted octanol–water partition coefficient (Wildman–Crippen LogP) is 5.33. The largest absolute Gasteiger partial charge is 0.289 e. The fourth-order valence-electron chi connectivity index (χ4n) is 2.53. The van der Waals surface area contributed by atoms with Gasteiger partial charge in [-0.1, -0.05) is 54.1 Å². The average Bonchev–Trinajstić information content (AvgIpc) is 2.61. The minimum atomic E-state index is 0.128. The van der Waals surface area contributed by atoms with Gasteiger partial charge in [-0.3, -0.25) is 4.79 Å². The van der Waals surface area contributed by atoms with Gasteiger partial charge in [-0.25, -0.2) is 4.85 Å². The van der Waals surface area contributed by atoms with E-state index in [1.807, 2.05) is 36.4 Å². The lowest BCUT2D eigenvalue weighted by Crippen LogP contribution is -2.16. The third kappa shape index (κ3) is 3.84. The molecule has 0 aromatic heterocycles. The van der Waals surface area contributed by atoms with Crippen molar-refractivity contribution in [1.29, 1.82) is 0 Å². The number of rotatable bonds is 2. The molecule has 1 aliphatic rings. The summed E-state index contributed by atoms with van der Waals surface area (Å²) in [6.07, 6.45) is 3.93. The first-order valence-corrected chi connectivity index (χ1v) is 8.89. The third-order valence-corrected chi connectivity index (χ3v) is 4.91. The van der Waals surface area contributed by atoms with Gasteiger partial charge in [0.25, 0.3) is 0 Å². The van der Waals surface area contributed by atoms with Gasteiger partial charge in [0, 0.05) is 22.7 Å². The quantitative estimate of drug-likeness (QED) is 0.548. The van der Waals surface area contributed by atoms with Crippen LogP contribution in [0, 0.1) is 13.5 Å². The monoisotopic (exact) mass is 331 g/mol. The topological polar surface area (TPSA) is 21.4 Å². The van der Waals surface area contributed by atoms with Gasteiger partial charge in [0.2, 0.25) is 0 Å². The van der Waals surface area contributed by atoms with Gasteiger partial charge in [0.1, 0.15) is 0 Å². The summed E-state index contributed by atoms with van der Waals surface area (Å²) in [5.41, 5.74) is 5.51. The number of aryl methyl sites for hydroxylation is 1. The second-order valence-electron chi connectivity index (χ2n) is 5.78. The number of carbonyl (C=O) groups excluding carboxylic acids is 1. The van der Waals surface area contributed by atoms with Gasteiger partial charge < -0.3 is 0 Å².